The van der Waals surface area contributed by atoms with Gasteiger partial charge in [-0.15, -0.1) is 0 Å². The van der Waals surface area contributed by atoms with E-state index in [0.29, 0.717) is 11.7 Å². The van der Waals surface area contributed by atoms with Gasteiger partial charge in [0.15, 0.2) is 0 Å². The van der Waals surface area contributed by atoms with E-state index < -0.39 is 0 Å². The van der Waals surface area contributed by atoms with Crippen molar-refractivity contribution in [2.75, 3.05) is 12.4 Å². The van der Waals surface area contributed by atoms with Crippen LogP contribution in [0.5, 0.6) is 5.88 Å². The molecule has 0 aliphatic rings. The fraction of sp³-hybridized carbons (Fsp3) is 0.417. The summed E-state index contributed by atoms with van der Waals surface area (Å²) in [5.74, 6) is 2.03. The van der Waals surface area contributed by atoms with Crippen molar-refractivity contribution in [1.82, 2.24) is 19.5 Å². The molecule has 2 aromatic heterocycles. The summed E-state index contributed by atoms with van der Waals surface area (Å²) in [5, 5.41) is 3.32. The minimum atomic E-state index is 0.234. The van der Waals surface area contributed by atoms with E-state index in [-0.39, 0.29) is 6.04 Å². The van der Waals surface area contributed by atoms with Crippen LogP contribution in [-0.2, 0) is 6.54 Å². The maximum atomic E-state index is 5.12. The van der Waals surface area contributed by atoms with Crippen LogP contribution in [0.1, 0.15) is 12.7 Å². The highest BCUT2D eigenvalue weighted by Gasteiger charge is 2.06. The molecule has 2 heterocycles. The van der Waals surface area contributed by atoms with Crippen LogP contribution in [0, 0.1) is 6.92 Å². The summed E-state index contributed by atoms with van der Waals surface area (Å²) in [4.78, 5) is 12.5. The quantitative estimate of drug-likeness (QED) is 0.867. The fourth-order valence-corrected chi connectivity index (χ4v) is 1.73. The van der Waals surface area contributed by atoms with Gasteiger partial charge in [-0.05, 0) is 13.8 Å². The van der Waals surface area contributed by atoms with Gasteiger partial charge in [-0.3, -0.25) is 0 Å². The van der Waals surface area contributed by atoms with E-state index in [1.165, 1.54) is 0 Å². The zero-order valence-electron chi connectivity index (χ0n) is 10.8. The SMILES string of the molecule is COc1cc(NC(C)Cn2ccnc2)nc(C)n1. The predicted molar refractivity (Wildman–Crippen MR) is 68.6 cm³/mol. The van der Waals surface area contributed by atoms with Gasteiger partial charge >= 0.3 is 0 Å². The normalized spacial score (nSPS) is 12.2. The second kappa shape index (κ2) is 5.48. The van der Waals surface area contributed by atoms with Crippen molar-refractivity contribution in [3.63, 3.8) is 0 Å². The summed E-state index contributed by atoms with van der Waals surface area (Å²) < 4.78 is 7.13. The highest BCUT2D eigenvalue weighted by molar-refractivity contribution is 5.39. The molecule has 0 saturated heterocycles. The van der Waals surface area contributed by atoms with Gasteiger partial charge in [0.1, 0.15) is 11.6 Å². The molecule has 0 aliphatic heterocycles. The van der Waals surface area contributed by atoms with Crippen LogP contribution in [-0.4, -0.2) is 32.7 Å². The summed E-state index contributed by atoms with van der Waals surface area (Å²) >= 11 is 0. The Morgan fingerprint density at radius 2 is 2.28 bits per heavy atom. The van der Waals surface area contributed by atoms with Crippen LogP contribution >= 0.6 is 0 Å². The molecule has 96 valence electrons. The van der Waals surface area contributed by atoms with Gasteiger partial charge in [-0.25, -0.2) is 9.97 Å². The zero-order chi connectivity index (χ0) is 13.0. The molecule has 1 N–H and O–H groups in total. The van der Waals surface area contributed by atoms with Crippen LogP contribution in [0.15, 0.2) is 24.8 Å². The van der Waals surface area contributed by atoms with Gasteiger partial charge in [0.25, 0.3) is 0 Å². The van der Waals surface area contributed by atoms with Crippen LogP contribution < -0.4 is 10.1 Å². The first-order valence-corrected chi connectivity index (χ1v) is 5.79. The third kappa shape index (κ3) is 3.19. The Balaban J connectivity index is 2.02. The van der Waals surface area contributed by atoms with Crippen molar-refractivity contribution in [2.45, 2.75) is 26.4 Å². The monoisotopic (exact) mass is 247 g/mol. The fourth-order valence-electron chi connectivity index (χ4n) is 1.73. The summed E-state index contributed by atoms with van der Waals surface area (Å²) in [7, 11) is 1.60. The Bertz CT molecular complexity index is 497. The average molecular weight is 247 g/mol. The molecule has 18 heavy (non-hydrogen) atoms. The highest BCUT2D eigenvalue weighted by Crippen LogP contribution is 2.13. The van der Waals surface area contributed by atoms with Gasteiger partial charge < -0.3 is 14.6 Å². The van der Waals surface area contributed by atoms with Crippen LogP contribution in [0.4, 0.5) is 5.82 Å². The van der Waals surface area contributed by atoms with E-state index in [4.69, 9.17) is 4.74 Å². The molecule has 1 unspecified atom stereocenters. The maximum Gasteiger partial charge on any atom is 0.218 e. The molecule has 0 amide bonds. The Morgan fingerprint density at radius 3 is 2.94 bits per heavy atom. The second-order valence-corrected chi connectivity index (χ2v) is 4.15. The smallest absolute Gasteiger partial charge is 0.218 e. The van der Waals surface area contributed by atoms with Crippen molar-refractivity contribution in [3.05, 3.63) is 30.6 Å². The minimum Gasteiger partial charge on any atom is -0.481 e. The lowest BCUT2D eigenvalue weighted by Crippen LogP contribution is -2.22. The Labute approximate surface area is 106 Å². The molecular formula is C12H17N5O. The van der Waals surface area contributed by atoms with E-state index in [2.05, 4.69) is 27.2 Å². The number of aromatic nitrogens is 4. The Hall–Kier alpha value is -2.11. The lowest BCUT2D eigenvalue weighted by atomic mass is 10.3. The molecule has 0 aliphatic carbocycles. The van der Waals surface area contributed by atoms with E-state index in [0.717, 1.165) is 12.4 Å². The van der Waals surface area contributed by atoms with Crippen LogP contribution in [0.3, 0.4) is 0 Å². The average Bonchev–Trinajstić information content (AvgIpc) is 2.80. The van der Waals surface area contributed by atoms with Gasteiger partial charge in [0, 0.05) is 31.0 Å². The van der Waals surface area contributed by atoms with Gasteiger partial charge in [0.05, 0.1) is 13.4 Å². The van der Waals surface area contributed by atoms with E-state index in [1.807, 2.05) is 17.7 Å². The molecule has 6 nitrogen and oxygen atoms in total. The molecule has 0 saturated carbocycles. The molecule has 0 fully saturated rings. The zero-order valence-corrected chi connectivity index (χ0v) is 10.8. The highest BCUT2D eigenvalue weighted by atomic mass is 16.5. The number of nitrogens with one attached hydrogen (secondary N) is 1. The third-order valence-electron chi connectivity index (χ3n) is 2.46. The first-order valence-electron chi connectivity index (χ1n) is 5.79. The third-order valence-corrected chi connectivity index (χ3v) is 2.46. The number of anilines is 1. The number of aryl methyl sites for hydroxylation is 1. The first kappa shape index (κ1) is 12.3. The van der Waals surface area contributed by atoms with E-state index >= 15 is 0 Å². The molecule has 6 heteroatoms. The van der Waals surface area contributed by atoms with Crippen molar-refractivity contribution >= 4 is 5.82 Å². The number of rotatable bonds is 5. The van der Waals surface area contributed by atoms with E-state index in [9.17, 15) is 0 Å². The molecule has 2 aromatic rings. The Morgan fingerprint density at radius 1 is 1.44 bits per heavy atom. The lowest BCUT2D eigenvalue weighted by molar-refractivity contribution is 0.395. The summed E-state index contributed by atoms with van der Waals surface area (Å²) in [6, 6.07) is 2.02. The number of hydrogen-bond donors (Lipinski definition) is 1. The molecule has 0 bridgehead atoms. The molecule has 0 aromatic carbocycles. The molecule has 0 radical (unpaired) electrons. The van der Waals surface area contributed by atoms with Crippen molar-refractivity contribution in [1.29, 1.82) is 0 Å². The van der Waals surface area contributed by atoms with Crippen molar-refractivity contribution in [2.24, 2.45) is 0 Å². The standard InChI is InChI=1S/C12H17N5O/c1-9(7-17-5-4-13-8-17)14-11-6-12(18-3)16-10(2)15-11/h4-6,8-9H,7H2,1-3H3,(H,14,15,16). The molecular weight excluding hydrogens is 230 g/mol. The molecule has 0 spiro atoms. The second-order valence-electron chi connectivity index (χ2n) is 4.15. The van der Waals surface area contributed by atoms with Crippen LogP contribution in [0.2, 0.25) is 0 Å². The predicted octanol–water partition coefficient (Wildman–Crippen LogP) is 1.49. The van der Waals surface area contributed by atoms with Gasteiger partial charge in [0.2, 0.25) is 5.88 Å². The number of ether oxygens (including phenoxy) is 1. The van der Waals surface area contributed by atoms with E-state index in [1.54, 1.807) is 25.7 Å². The maximum absolute atomic E-state index is 5.12. The number of methoxy groups -OCH3 is 1. The molecule has 1 atom stereocenters. The van der Waals surface area contributed by atoms with Crippen LogP contribution in [0.25, 0.3) is 0 Å². The largest absolute Gasteiger partial charge is 0.481 e. The topological polar surface area (TPSA) is 64.9 Å². The van der Waals surface area contributed by atoms with Crippen molar-refractivity contribution < 1.29 is 4.74 Å². The first-order chi connectivity index (χ1) is 8.67. The van der Waals surface area contributed by atoms with Gasteiger partial charge in [-0.2, -0.15) is 4.98 Å². The minimum absolute atomic E-state index is 0.234. The number of imidazole rings is 1. The summed E-state index contributed by atoms with van der Waals surface area (Å²) in [6.07, 6.45) is 5.50. The number of nitrogens with zero attached hydrogens (tertiary/aromatic N) is 4. The van der Waals surface area contributed by atoms with Gasteiger partial charge in [-0.1, -0.05) is 0 Å². The summed E-state index contributed by atoms with van der Waals surface area (Å²) in [5.41, 5.74) is 0. The number of hydrogen-bond acceptors (Lipinski definition) is 5. The Kier molecular flexibility index (Phi) is 3.76. The van der Waals surface area contributed by atoms with Crippen molar-refractivity contribution in [3.8, 4) is 5.88 Å². The lowest BCUT2D eigenvalue weighted by Gasteiger charge is -2.15. The molecule has 2 rings (SSSR count). The summed E-state index contributed by atoms with van der Waals surface area (Å²) in [6.45, 7) is 4.75.